The molecule has 2 aliphatic heterocycles. The van der Waals surface area contributed by atoms with Gasteiger partial charge in [0.2, 0.25) is 5.91 Å². The Balaban J connectivity index is 0.00000220. The number of sulfonamides is 1. The number of hydrogen-bond acceptors (Lipinski definition) is 6. The van der Waals surface area contributed by atoms with Gasteiger partial charge >= 0.3 is 0 Å². The van der Waals surface area contributed by atoms with Crippen LogP contribution in [-0.2, 0) is 21.2 Å². The summed E-state index contributed by atoms with van der Waals surface area (Å²) >= 11 is 5.85. The third-order valence-corrected chi connectivity index (χ3v) is 8.71. The van der Waals surface area contributed by atoms with Crippen molar-refractivity contribution in [3.63, 3.8) is 0 Å². The minimum absolute atomic E-state index is 0. The fourth-order valence-electron chi connectivity index (χ4n) is 5.10. The molecule has 11 heteroatoms. The number of pyridine rings is 1. The predicted molar refractivity (Wildman–Crippen MR) is 151 cm³/mol. The zero-order chi connectivity index (χ0) is 26.9. The van der Waals surface area contributed by atoms with Crippen LogP contribution in [0.2, 0.25) is 5.15 Å². The molecule has 1 atom stereocenters. The summed E-state index contributed by atoms with van der Waals surface area (Å²) in [5.41, 5.74) is 3.12. The number of aryl methyl sites for hydroxylation is 1. The number of piperazine rings is 1. The Bertz CT molecular complexity index is 1440. The number of anilines is 3. The lowest BCUT2D eigenvalue weighted by molar-refractivity contribution is -0.132. The number of rotatable bonds is 6. The van der Waals surface area contributed by atoms with Gasteiger partial charge < -0.3 is 14.7 Å². The molecule has 0 radical (unpaired) electrons. The molecule has 2 aliphatic rings. The zero-order valence-corrected chi connectivity index (χ0v) is 22.6. The molecule has 3 aromatic rings. The second kappa shape index (κ2) is 10.8. The minimum atomic E-state index is -3.77. The number of benzene rings is 2. The van der Waals surface area contributed by atoms with Crippen LogP contribution < -0.4 is 14.5 Å². The van der Waals surface area contributed by atoms with E-state index >= 15 is 0 Å². The van der Waals surface area contributed by atoms with Gasteiger partial charge in [0.1, 0.15) is 17.0 Å². The van der Waals surface area contributed by atoms with E-state index in [1.807, 2.05) is 11.8 Å². The van der Waals surface area contributed by atoms with Crippen molar-refractivity contribution in [1.82, 2.24) is 9.88 Å². The van der Waals surface area contributed by atoms with Crippen molar-refractivity contribution in [2.24, 2.45) is 0 Å². The lowest BCUT2D eigenvalue weighted by atomic mass is 9.99. The highest BCUT2D eigenvalue weighted by atomic mass is 35.5. The predicted octanol–water partition coefficient (Wildman–Crippen LogP) is 4.66. The molecule has 0 aliphatic carbocycles. The molecule has 0 bridgehead atoms. The van der Waals surface area contributed by atoms with Gasteiger partial charge in [0.05, 0.1) is 10.6 Å². The normalized spacial score (nSPS) is 16.7. The van der Waals surface area contributed by atoms with Gasteiger partial charge in [-0.25, -0.2) is 17.8 Å². The van der Waals surface area contributed by atoms with Crippen LogP contribution in [0.3, 0.4) is 0 Å². The van der Waals surface area contributed by atoms with Crippen LogP contribution in [-0.4, -0.2) is 63.0 Å². The van der Waals surface area contributed by atoms with E-state index in [-0.39, 0.29) is 30.7 Å². The maximum Gasteiger partial charge on any atom is 0.261 e. The fraction of sp³-hybridized carbons (Fsp3) is 0.333. The second-order valence-electron chi connectivity index (χ2n) is 9.52. The van der Waals surface area contributed by atoms with Crippen molar-refractivity contribution in [2.45, 2.75) is 30.7 Å². The van der Waals surface area contributed by atoms with E-state index in [0.29, 0.717) is 31.9 Å². The van der Waals surface area contributed by atoms with Gasteiger partial charge in [0.25, 0.3) is 10.0 Å². The van der Waals surface area contributed by atoms with E-state index in [0.717, 1.165) is 36.3 Å². The number of amides is 1. The van der Waals surface area contributed by atoms with Crippen molar-refractivity contribution < 1.29 is 20.5 Å². The monoisotopic (exact) mass is 561 g/mol. The largest absolute Gasteiger partial charge is 0.368 e. The summed E-state index contributed by atoms with van der Waals surface area (Å²) < 4.78 is 41.7. The second-order valence-corrected chi connectivity index (χ2v) is 11.6. The third kappa shape index (κ3) is 5.56. The van der Waals surface area contributed by atoms with Crippen LogP contribution in [0.15, 0.2) is 65.7 Å². The molecule has 204 valence electrons. The van der Waals surface area contributed by atoms with E-state index in [9.17, 15) is 17.6 Å². The van der Waals surface area contributed by atoms with Crippen LogP contribution in [0.4, 0.5) is 21.5 Å². The van der Waals surface area contributed by atoms with E-state index in [2.05, 4.69) is 19.5 Å². The SMILES string of the molecule is C[C@@H](C(=O)N1CCN(c2ccc(S(=O)(=O)Nc3ccnc(Cl)c3)cc2)CC1)N1CCCc2cc(F)ccc21.[HH].[HH]. The number of carbonyl (C=O) groups is 1. The van der Waals surface area contributed by atoms with Crippen LogP contribution in [0.25, 0.3) is 0 Å². The maximum absolute atomic E-state index is 13.7. The first-order valence-electron chi connectivity index (χ1n) is 12.5. The molecule has 1 saturated heterocycles. The molecule has 38 heavy (non-hydrogen) atoms. The van der Waals surface area contributed by atoms with Crippen molar-refractivity contribution in [3.8, 4) is 0 Å². The van der Waals surface area contributed by atoms with Crippen LogP contribution in [0.5, 0.6) is 0 Å². The lowest BCUT2D eigenvalue weighted by Crippen LogP contribution is -2.55. The quantitative estimate of drug-likeness (QED) is 0.441. The van der Waals surface area contributed by atoms with E-state index in [1.54, 1.807) is 36.4 Å². The van der Waals surface area contributed by atoms with E-state index < -0.39 is 10.0 Å². The number of carbonyl (C=O) groups excluding carboxylic acids is 1. The van der Waals surface area contributed by atoms with Gasteiger partial charge in [-0.2, -0.15) is 0 Å². The number of fused-ring (bicyclic) bond motifs is 1. The van der Waals surface area contributed by atoms with Gasteiger partial charge in [0, 0.05) is 53.1 Å². The number of nitrogens with zero attached hydrogens (tertiary/aromatic N) is 4. The van der Waals surface area contributed by atoms with Crippen molar-refractivity contribution in [3.05, 3.63) is 77.3 Å². The highest BCUT2D eigenvalue weighted by Gasteiger charge is 2.31. The Labute approximate surface area is 230 Å². The Morgan fingerprint density at radius 1 is 1.05 bits per heavy atom. The van der Waals surface area contributed by atoms with Gasteiger partial charge in [0.15, 0.2) is 0 Å². The highest BCUT2D eigenvalue weighted by molar-refractivity contribution is 7.92. The standard InChI is InChI=1S/C27H29ClFN5O3S.2H2/c1-19(34-12-2-3-20-17-21(29)4-9-25(20)34)27(35)33-15-13-32(14-16-33)23-5-7-24(8-6-23)38(36,37)31-22-10-11-30-26(28)18-22;;/h4-11,17-19H,2-3,12-16H2,1H3,(H,30,31);2*1H/t19-;;/m0../s1. The number of hydrogen-bond donors (Lipinski definition) is 1. The fourth-order valence-corrected chi connectivity index (χ4v) is 6.32. The summed E-state index contributed by atoms with van der Waals surface area (Å²) in [7, 11) is -3.77. The Morgan fingerprint density at radius 2 is 1.79 bits per heavy atom. The Kier molecular flexibility index (Phi) is 7.45. The van der Waals surface area contributed by atoms with Crippen LogP contribution in [0, 0.1) is 5.82 Å². The smallest absolute Gasteiger partial charge is 0.261 e. The molecule has 3 heterocycles. The average Bonchev–Trinajstić information content (AvgIpc) is 2.91. The molecule has 1 fully saturated rings. The lowest BCUT2D eigenvalue weighted by Gasteiger charge is -2.41. The van der Waals surface area contributed by atoms with Crippen LogP contribution in [0.1, 0.15) is 21.8 Å². The molecule has 0 spiro atoms. The topological polar surface area (TPSA) is 85.8 Å². The minimum Gasteiger partial charge on any atom is -0.368 e. The summed E-state index contributed by atoms with van der Waals surface area (Å²) in [5.74, 6) is -0.188. The van der Waals surface area contributed by atoms with Crippen molar-refractivity contribution in [2.75, 3.05) is 47.2 Å². The van der Waals surface area contributed by atoms with Gasteiger partial charge in [-0.15, -0.1) is 0 Å². The Morgan fingerprint density at radius 3 is 2.50 bits per heavy atom. The summed E-state index contributed by atoms with van der Waals surface area (Å²) in [6, 6.07) is 14.1. The molecular formula is C27H33ClFN5O3S. The first kappa shape index (κ1) is 26.2. The van der Waals surface area contributed by atoms with Gasteiger partial charge in [-0.05, 0) is 79.9 Å². The third-order valence-electron chi connectivity index (χ3n) is 7.10. The summed E-state index contributed by atoms with van der Waals surface area (Å²) in [4.78, 5) is 23.4. The van der Waals surface area contributed by atoms with Gasteiger partial charge in [-0.3, -0.25) is 9.52 Å². The number of halogens is 2. The highest BCUT2D eigenvalue weighted by Crippen LogP contribution is 2.30. The molecule has 2 aromatic carbocycles. The molecule has 1 amide bonds. The molecular weight excluding hydrogens is 529 g/mol. The zero-order valence-electron chi connectivity index (χ0n) is 21.0. The van der Waals surface area contributed by atoms with Crippen molar-refractivity contribution in [1.29, 1.82) is 0 Å². The van der Waals surface area contributed by atoms with Crippen molar-refractivity contribution >= 4 is 44.6 Å². The summed E-state index contributed by atoms with van der Waals surface area (Å²) in [6.07, 6.45) is 3.14. The van der Waals surface area contributed by atoms with Gasteiger partial charge in [-0.1, -0.05) is 11.6 Å². The molecule has 1 N–H and O–H groups in total. The molecule has 0 unspecified atom stereocenters. The van der Waals surface area contributed by atoms with E-state index in [4.69, 9.17) is 11.6 Å². The molecule has 1 aromatic heterocycles. The number of aromatic nitrogens is 1. The molecule has 0 saturated carbocycles. The average molecular weight is 562 g/mol. The maximum atomic E-state index is 13.7. The summed E-state index contributed by atoms with van der Waals surface area (Å²) in [5, 5.41) is 0.198. The van der Waals surface area contributed by atoms with Crippen LogP contribution >= 0.6 is 11.6 Å². The first-order chi connectivity index (χ1) is 18.2. The van der Waals surface area contributed by atoms with E-state index in [1.165, 1.54) is 24.4 Å². The Hall–Kier alpha value is -3.37. The first-order valence-corrected chi connectivity index (χ1v) is 14.4. The summed E-state index contributed by atoms with van der Waals surface area (Å²) in [6.45, 7) is 5.10. The number of nitrogens with one attached hydrogen (secondary N) is 1. The molecule has 5 rings (SSSR count). The molecule has 8 nitrogen and oxygen atoms in total.